The van der Waals surface area contributed by atoms with Crippen LogP contribution in [0.3, 0.4) is 0 Å². The van der Waals surface area contributed by atoms with E-state index in [4.69, 9.17) is 5.73 Å². The predicted molar refractivity (Wildman–Crippen MR) is 86.9 cm³/mol. The fourth-order valence-corrected chi connectivity index (χ4v) is 3.00. The van der Waals surface area contributed by atoms with Crippen LogP contribution in [0, 0.1) is 13.8 Å². The van der Waals surface area contributed by atoms with E-state index in [9.17, 15) is 9.59 Å². The van der Waals surface area contributed by atoms with Crippen molar-refractivity contribution in [3.05, 3.63) is 16.1 Å². The van der Waals surface area contributed by atoms with Gasteiger partial charge in [-0.2, -0.15) is 5.10 Å². The number of aromatic nitrogens is 2. The number of hydrogen-bond donors (Lipinski definition) is 2. The molecule has 0 aliphatic carbocycles. The number of rotatable bonds is 4. The summed E-state index contributed by atoms with van der Waals surface area (Å²) >= 11 is 1.23. The third-order valence-electron chi connectivity index (χ3n) is 3.61. The molecule has 7 nitrogen and oxygen atoms in total. The molecule has 0 aliphatic heterocycles. The zero-order chi connectivity index (χ0) is 16.4. The molecule has 2 aromatic rings. The number of aryl methyl sites for hydroxylation is 2. The van der Waals surface area contributed by atoms with Gasteiger partial charge in [0.05, 0.1) is 11.4 Å². The van der Waals surface area contributed by atoms with Gasteiger partial charge in [-0.15, -0.1) is 16.4 Å². The number of hydrogen-bond acceptors (Lipinski definition) is 6. The van der Waals surface area contributed by atoms with Gasteiger partial charge in [0.1, 0.15) is 9.71 Å². The molecule has 0 aliphatic rings. The van der Waals surface area contributed by atoms with Gasteiger partial charge in [0.2, 0.25) is 5.91 Å². The maximum Gasteiger partial charge on any atom is 0.263 e. The first-order valence-electron chi connectivity index (χ1n) is 6.84. The largest absolute Gasteiger partial charge is 0.397 e. The highest BCUT2D eigenvalue weighted by Gasteiger charge is 2.19. The van der Waals surface area contributed by atoms with Crippen molar-refractivity contribution in [3.63, 3.8) is 0 Å². The molecule has 8 heteroatoms. The molecule has 118 valence electrons. The molecule has 0 atom stereocenters. The lowest BCUT2D eigenvalue weighted by atomic mass is 10.1. The number of carbonyl (C=O) groups excluding carboxylic acids is 2. The minimum atomic E-state index is -0.255. The molecule has 0 saturated carbocycles. The number of nitrogens with two attached hydrogens (primary N) is 1. The van der Waals surface area contributed by atoms with Crippen molar-refractivity contribution in [2.24, 2.45) is 0 Å². The van der Waals surface area contributed by atoms with Gasteiger partial charge in [0.25, 0.3) is 5.91 Å². The molecule has 0 unspecified atom stereocenters. The minimum Gasteiger partial charge on any atom is -0.397 e. The van der Waals surface area contributed by atoms with Gasteiger partial charge in [0, 0.05) is 32.4 Å². The average molecular weight is 321 g/mol. The molecule has 0 saturated heterocycles. The van der Waals surface area contributed by atoms with Crippen LogP contribution in [0.4, 0.5) is 5.69 Å². The second-order valence-electron chi connectivity index (χ2n) is 5.13. The summed E-state index contributed by atoms with van der Waals surface area (Å²) in [5.41, 5.74) is 8.28. The van der Waals surface area contributed by atoms with Crippen LogP contribution >= 0.6 is 11.3 Å². The third kappa shape index (κ3) is 3.01. The normalized spacial score (nSPS) is 10.7. The quantitative estimate of drug-likeness (QED) is 0.878. The summed E-state index contributed by atoms with van der Waals surface area (Å²) in [6.45, 7) is 6.07. The average Bonchev–Trinajstić information content (AvgIpc) is 2.80. The number of anilines is 1. The first-order chi connectivity index (χ1) is 10.3. The standard InChI is InChI=1S/C14H19N5O2S/c1-7-8(2)17-18-14-10(7)11(15)12(22-14)13(21)16-5-6-19(4)9(3)20/h5-6,15H2,1-4H3,(H,16,21). The smallest absolute Gasteiger partial charge is 0.263 e. The van der Waals surface area contributed by atoms with Crippen molar-refractivity contribution in [1.29, 1.82) is 0 Å². The van der Waals surface area contributed by atoms with Gasteiger partial charge >= 0.3 is 0 Å². The van der Waals surface area contributed by atoms with Crippen LogP contribution in [0.25, 0.3) is 10.2 Å². The van der Waals surface area contributed by atoms with E-state index < -0.39 is 0 Å². The number of nitrogen functional groups attached to an aromatic ring is 1. The molecule has 2 rings (SSSR count). The molecule has 0 fully saturated rings. The summed E-state index contributed by atoms with van der Waals surface area (Å²) in [6, 6.07) is 0. The fraction of sp³-hybridized carbons (Fsp3) is 0.429. The zero-order valence-corrected chi connectivity index (χ0v) is 13.9. The van der Waals surface area contributed by atoms with Crippen molar-refractivity contribution in [2.45, 2.75) is 20.8 Å². The van der Waals surface area contributed by atoms with Crippen LogP contribution in [0.15, 0.2) is 0 Å². The molecular weight excluding hydrogens is 302 g/mol. The minimum absolute atomic E-state index is 0.0444. The van der Waals surface area contributed by atoms with E-state index in [1.807, 2.05) is 13.8 Å². The van der Waals surface area contributed by atoms with Crippen LogP contribution < -0.4 is 11.1 Å². The van der Waals surface area contributed by atoms with Crippen LogP contribution in [0.1, 0.15) is 27.9 Å². The van der Waals surface area contributed by atoms with Gasteiger partial charge in [0.15, 0.2) is 0 Å². The van der Waals surface area contributed by atoms with Crippen molar-refractivity contribution in [3.8, 4) is 0 Å². The number of fused-ring (bicyclic) bond motifs is 1. The van der Waals surface area contributed by atoms with E-state index in [0.717, 1.165) is 16.6 Å². The number of thiophene rings is 1. The van der Waals surface area contributed by atoms with Crippen molar-refractivity contribution in [1.82, 2.24) is 20.4 Å². The Balaban J connectivity index is 2.17. The third-order valence-corrected chi connectivity index (χ3v) is 4.70. The summed E-state index contributed by atoms with van der Waals surface area (Å²) in [7, 11) is 1.68. The molecule has 2 amide bonds. The Hall–Kier alpha value is -2.22. The highest BCUT2D eigenvalue weighted by Crippen LogP contribution is 2.34. The molecule has 0 spiro atoms. The molecule has 0 bridgehead atoms. The molecule has 2 aromatic heterocycles. The number of nitrogens with zero attached hydrogens (tertiary/aromatic N) is 3. The number of carbonyl (C=O) groups is 2. The summed E-state index contributed by atoms with van der Waals surface area (Å²) < 4.78 is 0. The molecule has 0 radical (unpaired) electrons. The Labute approximate surface area is 132 Å². The van der Waals surface area contributed by atoms with Crippen LogP contribution in [-0.2, 0) is 4.79 Å². The Bertz CT molecular complexity index is 740. The first kappa shape index (κ1) is 16.2. The monoisotopic (exact) mass is 321 g/mol. The maximum absolute atomic E-state index is 12.3. The highest BCUT2D eigenvalue weighted by atomic mass is 32.1. The topological polar surface area (TPSA) is 101 Å². The molecule has 2 heterocycles. The first-order valence-corrected chi connectivity index (χ1v) is 7.66. The fourth-order valence-electron chi connectivity index (χ4n) is 1.98. The van der Waals surface area contributed by atoms with Gasteiger partial charge in [-0.3, -0.25) is 9.59 Å². The summed E-state index contributed by atoms with van der Waals surface area (Å²) in [5.74, 6) is -0.300. The number of amides is 2. The second-order valence-corrected chi connectivity index (χ2v) is 6.13. The summed E-state index contributed by atoms with van der Waals surface area (Å²) in [6.07, 6.45) is 0. The summed E-state index contributed by atoms with van der Waals surface area (Å²) in [4.78, 5) is 26.0. The van der Waals surface area contributed by atoms with E-state index in [2.05, 4.69) is 15.5 Å². The molecule has 0 aromatic carbocycles. The van der Waals surface area contributed by atoms with E-state index in [1.165, 1.54) is 23.2 Å². The van der Waals surface area contributed by atoms with Gasteiger partial charge < -0.3 is 16.0 Å². The van der Waals surface area contributed by atoms with Gasteiger partial charge in [-0.05, 0) is 19.4 Å². The lowest BCUT2D eigenvalue weighted by molar-refractivity contribution is -0.127. The Morgan fingerprint density at radius 1 is 1.32 bits per heavy atom. The molecule has 22 heavy (non-hydrogen) atoms. The van der Waals surface area contributed by atoms with Gasteiger partial charge in [-0.1, -0.05) is 0 Å². The van der Waals surface area contributed by atoms with Gasteiger partial charge in [-0.25, -0.2) is 0 Å². The van der Waals surface area contributed by atoms with Crippen LogP contribution in [-0.4, -0.2) is 47.0 Å². The molecule has 3 N–H and O–H groups in total. The van der Waals surface area contributed by atoms with Crippen LogP contribution in [0.2, 0.25) is 0 Å². The SMILES string of the molecule is CC(=O)N(C)CCNC(=O)c1sc2nnc(C)c(C)c2c1N. The van der Waals surface area contributed by atoms with Crippen LogP contribution in [0.5, 0.6) is 0 Å². The van der Waals surface area contributed by atoms with Crippen molar-refractivity contribution >= 4 is 39.1 Å². The van der Waals surface area contributed by atoms with Crippen molar-refractivity contribution < 1.29 is 9.59 Å². The predicted octanol–water partition coefficient (Wildman–Crippen LogP) is 1.10. The van der Waals surface area contributed by atoms with E-state index >= 15 is 0 Å². The second kappa shape index (κ2) is 6.27. The van der Waals surface area contributed by atoms with E-state index in [0.29, 0.717) is 28.5 Å². The number of likely N-dealkylation sites (N-methyl/N-ethyl adjacent to an activating group) is 1. The Morgan fingerprint density at radius 3 is 2.64 bits per heavy atom. The van der Waals surface area contributed by atoms with E-state index in [-0.39, 0.29) is 11.8 Å². The van der Waals surface area contributed by atoms with Crippen molar-refractivity contribution in [2.75, 3.05) is 25.9 Å². The summed E-state index contributed by atoms with van der Waals surface area (Å²) in [5, 5.41) is 11.7. The Morgan fingerprint density at radius 2 is 2.00 bits per heavy atom. The maximum atomic E-state index is 12.3. The molecular formula is C14H19N5O2S. The highest BCUT2D eigenvalue weighted by molar-refractivity contribution is 7.21. The van der Waals surface area contributed by atoms with E-state index in [1.54, 1.807) is 7.05 Å². The zero-order valence-electron chi connectivity index (χ0n) is 13.1. The number of nitrogens with one attached hydrogen (secondary N) is 1. The lowest BCUT2D eigenvalue weighted by Crippen LogP contribution is -2.35. The lowest BCUT2D eigenvalue weighted by Gasteiger charge is -2.14. The Kier molecular flexibility index (Phi) is 4.60.